The molecular weight excluding hydrogens is 485 g/mol. The molecule has 1 saturated heterocycles. The Hall–Kier alpha value is -3.44. The molecule has 0 amide bonds. The number of anilines is 1. The van der Waals surface area contributed by atoms with Crippen LogP contribution in [0, 0.1) is 6.92 Å². The quantitative estimate of drug-likeness (QED) is 0.241. The lowest BCUT2D eigenvalue weighted by atomic mass is 9.87. The van der Waals surface area contributed by atoms with Crippen LogP contribution in [-0.2, 0) is 6.42 Å². The Bertz CT molecular complexity index is 1370. The van der Waals surface area contributed by atoms with E-state index in [-0.39, 0.29) is 12.8 Å². The molecule has 2 N–H and O–H groups in total. The zero-order valence-corrected chi connectivity index (χ0v) is 23.5. The van der Waals surface area contributed by atoms with Crippen LogP contribution in [0.4, 0.5) is 15.8 Å². The van der Waals surface area contributed by atoms with Crippen LogP contribution in [0.5, 0.6) is 5.75 Å². The highest BCUT2D eigenvalue weighted by Gasteiger charge is 2.24. The molecule has 0 spiro atoms. The molecule has 1 unspecified atom stereocenters. The number of nitrogen functional groups attached to an aromatic ring is 1. The van der Waals surface area contributed by atoms with E-state index in [1.807, 2.05) is 19.9 Å². The van der Waals surface area contributed by atoms with E-state index in [1.165, 1.54) is 39.0 Å². The number of hydrogen-bond donors (Lipinski definition) is 1. The smallest absolute Gasteiger partial charge is 0.119 e. The van der Waals surface area contributed by atoms with E-state index in [0.29, 0.717) is 6.42 Å². The van der Waals surface area contributed by atoms with Crippen LogP contribution in [0.1, 0.15) is 67.3 Å². The highest BCUT2D eigenvalue weighted by atomic mass is 19.1. The molecule has 2 aliphatic rings. The van der Waals surface area contributed by atoms with Gasteiger partial charge in [-0.05, 0) is 122 Å². The van der Waals surface area contributed by atoms with E-state index in [9.17, 15) is 4.39 Å². The SMILES string of the molecule is CC(C)=Nc1cc(C2=C(c3ccc(OC4CCN(CCCF)C4)cc3)c3ccc(N)cc3CCC2)ccc1C. The lowest BCUT2D eigenvalue weighted by Crippen LogP contribution is -2.26. The standard InChI is InChI=1S/C34H40FN3O/c1-23(2)37-33-21-27(9-8-24(33)3)31-7-4-6-26-20-28(36)12-15-32(26)34(31)25-10-13-29(14-11-25)39-30-16-19-38(22-30)18-5-17-35/h8-15,20-21,30H,4-7,16-19,22,36H2,1-3H3. The number of hydrogen-bond acceptors (Lipinski definition) is 4. The fourth-order valence-electron chi connectivity index (χ4n) is 5.86. The maximum absolute atomic E-state index is 12.6. The van der Waals surface area contributed by atoms with Crippen LogP contribution < -0.4 is 10.5 Å². The summed E-state index contributed by atoms with van der Waals surface area (Å²) in [5, 5.41) is 0. The van der Waals surface area contributed by atoms with Crippen LogP contribution in [0.3, 0.4) is 0 Å². The van der Waals surface area contributed by atoms with E-state index < -0.39 is 0 Å². The average Bonchev–Trinajstić information content (AvgIpc) is 3.27. The van der Waals surface area contributed by atoms with Crippen molar-refractivity contribution in [2.24, 2.45) is 4.99 Å². The number of aryl methyl sites for hydroxylation is 2. The summed E-state index contributed by atoms with van der Waals surface area (Å²) in [6.07, 6.45) is 4.78. The molecule has 1 aliphatic heterocycles. The third-order valence-electron chi connectivity index (χ3n) is 7.76. The predicted octanol–water partition coefficient (Wildman–Crippen LogP) is 7.80. The lowest BCUT2D eigenvalue weighted by molar-refractivity contribution is 0.198. The van der Waals surface area contributed by atoms with Crippen LogP contribution in [-0.4, -0.2) is 43.0 Å². The monoisotopic (exact) mass is 525 g/mol. The van der Waals surface area contributed by atoms with Crippen LogP contribution >= 0.6 is 0 Å². The van der Waals surface area contributed by atoms with Gasteiger partial charge in [-0.3, -0.25) is 14.3 Å². The van der Waals surface area contributed by atoms with E-state index in [1.54, 1.807) is 0 Å². The van der Waals surface area contributed by atoms with Gasteiger partial charge in [-0.25, -0.2) is 0 Å². The number of aliphatic imine (C=N–C) groups is 1. The molecule has 204 valence electrons. The minimum absolute atomic E-state index is 0.153. The first kappa shape index (κ1) is 27.1. The molecule has 0 radical (unpaired) electrons. The number of nitrogens with two attached hydrogens (primary N) is 1. The first-order valence-electron chi connectivity index (χ1n) is 14.2. The Kier molecular flexibility index (Phi) is 8.47. The molecule has 1 aliphatic carbocycles. The Morgan fingerprint density at radius 2 is 1.82 bits per heavy atom. The summed E-state index contributed by atoms with van der Waals surface area (Å²) in [6, 6.07) is 21.6. The van der Waals surface area contributed by atoms with Gasteiger partial charge in [0, 0.05) is 31.0 Å². The summed E-state index contributed by atoms with van der Waals surface area (Å²) in [4.78, 5) is 7.11. The van der Waals surface area contributed by atoms with Gasteiger partial charge in [0.2, 0.25) is 0 Å². The second-order valence-electron chi connectivity index (χ2n) is 11.1. The number of nitrogens with zero attached hydrogens (tertiary/aromatic N) is 2. The van der Waals surface area contributed by atoms with Gasteiger partial charge in [-0.15, -0.1) is 0 Å². The largest absolute Gasteiger partial charge is 0.489 e. The van der Waals surface area contributed by atoms with Crippen molar-refractivity contribution in [2.75, 3.05) is 32.0 Å². The molecule has 1 fully saturated rings. The fraction of sp³-hybridized carbons (Fsp3) is 0.382. The number of halogens is 1. The van der Waals surface area contributed by atoms with Crippen LogP contribution in [0.25, 0.3) is 11.1 Å². The predicted molar refractivity (Wildman–Crippen MR) is 162 cm³/mol. The highest BCUT2D eigenvalue weighted by Crippen LogP contribution is 2.41. The van der Waals surface area contributed by atoms with Gasteiger partial charge in [0.15, 0.2) is 0 Å². The minimum Gasteiger partial charge on any atom is -0.489 e. The van der Waals surface area contributed by atoms with Gasteiger partial charge in [0.1, 0.15) is 11.9 Å². The van der Waals surface area contributed by atoms with Crippen molar-refractivity contribution < 1.29 is 9.13 Å². The van der Waals surface area contributed by atoms with E-state index >= 15 is 0 Å². The summed E-state index contributed by atoms with van der Waals surface area (Å²) in [5.41, 5.74) is 17.8. The molecule has 0 saturated carbocycles. The molecule has 0 bridgehead atoms. The number of fused-ring (bicyclic) bond motifs is 1. The maximum atomic E-state index is 12.6. The second-order valence-corrected chi connectivity index (χ2v) is 11.1. The van der Waals surface area contributed by atoms with Gasteiger partial charge >= 0.3 is 0 Å². The van der Waals surface area contributed by atoms with Crippen LogP contribution in [0.2, 0.25) is 0 Å². The zero-order valence-electron chi connectivity index (χ0n) is 23.5. The second kappa shape index (κ2) is 12.2. The Balaban J connectivity index is 1.51. The molecule has 3 aromatic carbocycles. The van der Waals surface area contributed by atoms with Crippen molar-refractivity contribution in [2.45, 2.75) is 59.0 Å². The first-order chi connectivity index (χ1) is 18.9. The van der Waals surface area contributed by atoms with E-state index in [2.05, 4.69) is 66.4 Å². The van der Waals surface area contributed by atoms with Gasteiger partial charge in [-0.2, -0.15) is 0 Å². The lowest BCUT2D eigenvalue weighted by Gasteiger charge is -2.19. The molecule has 1 atom stereocenters. The average molecular weight is 526 g/mol. The summed E-state index contributed by atoms with van der Waals surface area (Å²) >= 11 is 0. The number of alkyl halides is 1. The fourth-order valence-corrected chi connectivity index (χ4v) is 5.86. The van der Waals surface area contributed by atoms with Crippen molar-refractivity contribution in [3.63, 3.8) is 0 Å². The topological polar surface area (TPSA) is 50.8 Å². The Labute approximate surface area is 232 Å². The normalized spacial score (nSPS) is 17.6. The first-order valence-corrected chi connectivity index (χ1v) is 14.2. The number of ether oxygens (including phenoxy) is 1. The number of allylic oxidation sites excluding steroid dienone is 1. The number of rotatable bonds is 8. The Morgan fingerprint density at radius 3 is 2.59 bits per heavy atom. The summed E-state index contributed by atoms with van der Waals surface area (Å²) < 4.78 is 18.9. The van der Waals surface area contributed by atoms with Crippen molar-refractivity contribution in [1.29, 1.82) is 0 Å². The van der Waals surface area contributed by atoms with Gasteiger partial charge < -0.3 is 10.5 Å². The molecule has 1 heterocycles. The van der Waals surface area contributed by atoms with E-state index in [0.717, 1.165) is 68.2 Å². The van der Waals surface area contributed by atoms with Gasteiger partial charge in [0.25, 0.3) is 0 Å². The molecule has 5 rings (SSSR count). The van der Waals surface area contributed by atoms with Crippen molar-refractivity contribution >= 4 is 28.2 Å². The molecular formula is C34H40FN3O. The van der Waals surface area contributed by atoms with Crippen molar-refractivity contribution in [3.05, 3.63) is 88.5 Å². The maximum Gasteiger partial charge on any atom is 0.119 e. The molecule has 39 heavy (non-hydrogen) atoms. The molecule has 3 aromatic rings. The number of benzene rings is 3. The highest BCUT2D eigenvalue weighted by molar-refractivity contribution is 6.00. The van der Waals surface area contributed by atoms with Crippen molar-refractivity contribution in [1.82, 2.24) is 4.90 Å². The molecule has 4 nitrogen and oxygen atoms in total. The molecule has 5 heteroatoms. The van der Waals surface area contributed by atoms with Crippen LogP contribution in [0.15, 0.2) is 65.7 Å². The third kappa shape index (κ3) is 6.42. The zero-order chi connectivity index (χ0) is 27.4. The van der Waals surface area contributed by atoms with E-state index in [4.69, 9.17) is 15.5 Å². The summed E-state index contributed by atoms with van der Waals surface area (Å²) in [6.45, 7) is 8.59. The summed E-state index contributed by atoms with van der Waals surface area (Å²) in [5.74, 6) is 0.884. The van der Waals surface area contributed by atoms with Gasteiger partial charge in [-0.1, -0.05) is 30.3 Å². The number of likely N-dealkylation sites (tertiary alicyclic amines) is 1. The molecule has 0 aromatic heterocycles. The Morgan fingerprint density at radius 1 is 1.03 bits per heavy atom. The van der Waals surface area contributed by atoms with Crippen molar-refractivity contribution in [3.8, 4) is 5.75 Å². The third-order valence-corrected chi connectivity index (χ3v) is 7.76. The summed E-state index contributed by atoms with van der Waals surface area (Å²) in [7, 11) is 0. The van der Waals surface area contributed by atoms with Gasteiger partial charge in [0.05, 0.1) is 12.4 Å². The minimum atomic E-state index is -0.258.